The summed E-state index contributed by atoms with van der Waals surface area (Å²) in [5.41, 5.74) is 7.68. The van der Waals surface area contributed by atoms with Crippen molar-refractivity contribution in [2.24, 2.45) is 5.73 Å². The van der Waals surface area contributed by atoms with E-state index >= 15 is 0 Å². The van der Waals surface area contributed by atoms with Crippen LogP contribution in [0.2, 0.25) is 5.02 Å². The zero-order chi connectivity index (χ0) is 16.2. The fourth-order valence-corrected chi connectivity index (χ4v) is 3.54. The minimum absolute atomic E-state index is 0.235. The third kappa shape index (κ3) is 3.83. The van der Waals surface area contributed by atoms with Gasteiger partial charge in [-0.2, -0.15) is 0 Å². The highest BCUT2D eigenvalue weighted by Gasteiger charge is 2.18. The first-order valence-electron chi connectivity index (χ1n) is 7.67. The first kappa shape index (κ1) is 16.2. The summed E-state index contributed by atoms with van der Waals surface area (Å²) >= 11 is 7.50. The molecule has 0 radical (unpaired) electrons. The van der Waals surface area contributed by atoms with Crippen LogP contribution in [0.5, 0.6) is 0 Å². The van der Waals surface area contributed by atoms with E-state index in [1.54, 1.807) is 11.4 Å². The number of amides is 1. The highest BCUT2D eigenvalue weighted by molar-refractivity contribution is 7.09. The van der Waals surface area contributed by atoms with Crippen LogP contribution < -0.4 is 16.0 Å². The fraction of sp³-hybridized carbons (Fsp3) is 0.375. The molecule has 122 valence electrons. The molecule has 0 saturated carbocycles. The second kappa shape index (κ2) is 7.29. The van der Waals surface area contributed by atoms with Gasteiger partial charge in [0.15, 0.2) is 0 Å². The van der Waals surface area contributed by atoms with Gasteiger partial charge in [0.2, 0.25) is 0 Å². The van der Waals surface area contributed by atoms with Gasteiger partial charge in [-0.05, 0) is 37.5 Å². The molecule has 23 heavy (non-hydrogen) atoms. The van der Waals surface area contributed by atoms with Crippen molar-refractivity contribution in [3.63, 3.8) is 0 Å². The maximum absolute atomic E-state index is 12.4. The van der Waals surface area contributed by atoms with E-state index in [1.165, 1.54) is 30.6 Å². The molecule has 0 atom stereocenters. The Kier molecular flexibility index (Phi) is 5.15. The molecule has 7 heteroatoms. The Morgan fingerprint density at radius 2 is 2.13 bits per heavy atom. The van der Waals surface area contributed by atoms with E-state index < -0.39 is 0 Å². The summed E-state index contributed by atoms with van der Waals surface area (Å²) in [6.45, 7) is 2.34. The van der Waals surface area contributed by atoms with E-state index in [0.717, 1.165) is 29.5 Å². The van der Waals surface area contributed by atoms with E-state index in [4.69, 9.17) is 17.3 Å². The zero-order valence-corrected chi connectivity index (χ0v) is 14.3. The number of carbonyl (C=O) groups is 1. The number of hydrogen-bond donors (Lipinski definition) is 2. The number of piperidine rings is 1. The maximum atomic E-state index is 12.4. The molecule has 0 spiro atoms. The second-order valence-corrected chi connectivity index (χ2v) is 6.87. The molecule has 0 unspecified atom stereocenters. The van der Waals surface area contributed by atoms with Crippen molar-refractivity contribution in [3.8, 4) is 0 Å². The summed E-state index contributed by atoms with van der Waals surface area (Å²) in [7, 11) is 0. The lowest BCUT2D eigenvalue weighted by Gasteiger charge is -2.30. The van der Waals surface area contributed by atoms with Crippen LogP contribution in [-0.2, 0) is 6.54 Å². The van der Waals surface area contributed by atoms with Crippen LogP contribution in [-0.4, -0.2) is 24.0 Å². The van der Waals surface area contributed by atoms with E-state index in [9.17, 15) is 4.79 Å². The van der Waals surface area contributed by atoms with Gasteiger partial charge in [0.1, 0.15) is 10.7 Å². The summed E-state index contributed by atoms with van der Waals surface area (Å²) in [6, 6.07) is 5.62. The SMILES string of the molecule is NCc1nc(C(=O)Nc2cc(Cl)ccc2N2CCCCC2)cs1. The molecule has 1 aromatic heterocycles. The van der Waals surface area contributed by atoms with Gasteiger partial charge in [0, 0.05) is 30.0 Å². The Balaban J connectivity index is 1.83. The van der Waals surface area contributed by atoms with Gasteiger partial charge in [-0.3, -0.25) is 4.79 Å². The summed E-state index contributed by atoms with van der Waals surface area (Å²) in [6.07, 6.45) is 3.59. The third-order valence-corrected chi connectivity index (χ3v) is 4.97. The van der Waals surface area contributed by atoms with Crippen LogP contribution in [0.4, 0.5) is 11.4 Å². The molecular formula is C16H19ClN4OS. The summed E-state index contributed by atoms with van der Waals surface area (Å²) in [4.78, 5) is 18.9. The van der Waals surface area contributed by atoms with Gasteiger partial charge in [-0.1, -0.05) is 11.6 Å². The van der Waals surface area contributed by atoms with E-state index in [1.807, 2.05) is 12.1 Å². The minimum Gasteiger partial charge on any atom is -0.370 e. The van der Waals surface area contributed by atoms with Crippen molar-refractivity contribution >= 4 is 40.2 Å². The number of rotatable bonds is 4. The Morgan fingerprint density at radius 1 is 1.35 bits per heavy atom. The quantitative estimate of drug-likeness (QED) is 0.885. The van der Waals surface area contributed by atoms with Gasteiger partial charge in [-0.15, -0.1) is 11.3 Å². The number of nitrogens with zero attached hydrogens (tertiary/aromatic N) is 2. The minimum atomic E-state index is -0.235. The lowest BCUT2D eigenvalue weighted by molar-refractivity contribution is 0.102. The van der Waals surface area contributed by atoms with Crippen molar-refractivity contribution in [2.45, 2.75) is 25.8 Å². The Labute approximate surface area is 144 Å². The molecule has 1 amide bonds. The van der Waals surface area contributed by atoms with Gasteiger partial charge in [0.25, 0.3) is 5.91 Å². The van der Waals surface area contributed by atoms with Crippen LogP contribution in [0, 0.1) is 0 Å². The molecule has 1 fully saturated rings. The average molecular weight is 351 g/mol. The standard InChI is InChI=1S/C16H19ClN4OS/c17-11-4-5-14(21-6-2-1-3-7-21)12(8-11)20-16(22)13-10-23-15(9-18)19-13/h4-5,8,10H,1-3,6-7,9,18H2,(H,20,22). The first-order chi connectivity index (χ1) is 11.2. The van der Waals surface area contributed by atoms with Gasteiger partial charge >= 0.3 is 0 Å². The smallest absolute Gasteiger partial charge is 0.275 e. The molecule has 1 aromatic carbocycles. The number of aromatic nitrogens is 1. The molecule has 2 heterocycles. The van der Waals surface area contributed by atoms with Crippen LogP contribution in [0.25, 0.3) is 0 Å². The molecule has 5 nitrogen and oxygen atoms in total. The lowest BCUT2D eigenvalue weighted by Crippen LogP contribution is -2.30. The van der Waals surface area contributed by atoms with E-state index in [-0.39, 0.29) is 5.91 Å². The zero-order valence-electron chi connectivity index (χ0n) is 12.7. The number of nitrogens with one attached hydrogen (secondary N) is 1. The molecule has 0 aliphatic carbocycles. The van der Waals surface area contributed by atoms with Crippen LogP contribution in [0.15, 0.2) is 23.6 Å². The Morgan fingerprint density at radius 3 is 2.83 bits per heavy atom. The summed E-state index contributed by atoms with van der Waals surface area (Å²) in [5, 5.41) is 6.01. The van der Waals surface area contributed by atoms with Crippen molar-refractivity contribution in [1.29, 1.82) is 0 Å². The highest BCUT2D eigenvalue weighted by Crippen LogP contribution is 2.31. The number of benzene rings is 1. The molecular weight excluding hydrogens is 332 g/mol. The normalized spacial score (nSPS) is 14.8. The largest absolute Gasteiger partial charge is 0.370 e. The van der Waals surface area contributed by atoms with Crippen LogP contribution in [0.1, 0.15) is 34.8 Å². The van der Waals surface area contributed by atoms with Crippen molar-refractivity contribution in [2.75, 3.05) is 23.3 Å². The lowest BCUT2D eigenvalue weighted by atomic mass is 10.1. The number of hydrogen-bond acceptors (Lipinski definition) is 5. The number of carbonyl (C=O) groups excluding carboxylic acids is 1. The number of nitrogens with two attached hydrogens (primary N) is 1. The Bertz CT molecular complexity index is 697. The number of anilines is 2. The molecule has 1 saturated heterocycles. The maximum Gasteiger partial charge on any atom is 0.275 e. The van der Waals surface area contributed by atoms with E-state index in [2.05, 4.69) is 15.2 Å². The molecule has 1 aliphatic heterocycles. The molecule has 2 aromatic rings. The number of halogens is 1. The highest BCUT2D eigenvalue weighted by atomic mass is 35.5. The summed E-state index contributed by atoms with van der Waals surface area (Å²) in [5.74, 6) is -0.235. The molecule has 0 bridgehead atoms. The van der Waals surface area contributed by atoms with Gasteiger partial charge < -0.3 is 16.0 Å². The topological polar surface area (TPSA) is 71.2 Å². The monoisotopic (exact) mass is 350 g/mol. The van der Waals surface area contributed by atoms with E-state index in [0.29, 0.717) is 17.3 Å². The first-order valence-corrected chi connectivity index (χ1v) is 8.93. The van der Waals surface area contributed by atoms with Gasteiger partial charge in [-0.25, -0.2) is 4.98 Å². The predicted octanol–water partition coefficient (Wildman–Crippen LogP) is 3.50. The van der Waals surface area contributed by atoms with Crippen LogP contribution in [0.3, 0.4) is 0 Å². The fourth-order valence-electron chi connectivity index (χ4n) is 2.71. The van der Waals surface area contributed by atoms with Crippen molar-refractivity contribution in [3.05, 3.63) is 39.3 Å². The Hall–Kier alpha value is -1.63. The molecule has 3 rings (SSSR count). The molecule has 1 aliphatic rings. The van der Waals surface area contributed by atoms with Crippen molar-refractivity contribution in [1.82, 2.24) is 4.98 Å². The number of thiazole rings is 1. The van der Waals surface area contributed by atoms with Gasteiger partial charge in [0.05, 0.1) is 11.4 Å². The van der Waals surface area contributed by atoms with Crippen LogP contribution >= 0.6 is 22.9 Å². The summed E-state index contributed by atoms with van der Waals surface area (Å²) < 4.78 is 0. The van der Waals surface area contributed by atoms with Crippen molar-refractivity contribution < 1.29 is 4.79 Å². The second-order valence-electron chi connectivity index (χ2n) is 5.49. The predicted molar refractivity (Wildman–Crippen MR) is 95.5 cm³/mol. The molecule has 3 N–H and O–H groups in total. The third-order valence-electron chi connectivity index (χ3n) is 3.86. The average Bonchev–Trinajstić information content (AvgIpc) is 3.05.